The van der Waals surface area contributed by atoms with Gasteiger partial charge in [-0.15, -0.1) is 0 Å². The van der Waals surface area contributed by atoms with Crippen LogP contribution in [0.15, 0.2) is 12.2 Å². The molecule has 1 amide bonds. The molecule has 71 heavy (non-hydrogen) atoms. The predicted octanol–water partition coefficient (Wildman–Crippen LogP) is 14.2. The first-order chi connectivity index (χ1) is 34.5. The normalized spacial score (nSPS) is 19.5. The summed E-state index contributed by atoms with van der Waals surface area (Å²) in [6, 6.07) is -0.855. The summed E-state index contributed by atoms with van der Waals surface area (Å²) in [7, 11) is -5.08. The molecule has 1 heterocycles. The van der Waals surface area contributed by atoms with Crippen molar-refractivity contribution in [2.24, 2.45) is 0 Å². The topological polar surface area (TPSA) is 192 Å². The second kappa shape index (κ2) is 48.5. The molecule has 0 spiro atoms. The molecule has 0 aromatic rings. The molecule has 0 bridgehead atoms. The number of unbranched alkanes of at least 4 members (excludes halogenated alkanes) is 39. The van der Waals surface area contributed by atoms with Crippen LogP contribution >= 0.6 is 0 Å². The van der Waals surface area contributed by atoms with E-state index in [1.165, 1.54) is 218 Å². The molecule has 0 saturated carbocycles. The second-order valence-electron chi connectivity index (χ2n) is 21.3. The third-order valence-corrected chi connectivity index (χ3v) is 15.0. The van der Waals surface area contributed by atoms with Crippen molar-refractivity contribution in [3.8, 4) is 0 Å². The van der Waals surface area contributed by atoms with Crippen LogP contribution in [0.5, 0.6) is 0 Å². The molecule has 7 atom stereocenters. The third kappa shape index (κ3) is 40.8. The molecule has 7 unspecified atom stereocenters. The first-order valence-electron chi connectivity index (χ1n) is 30.1. The summed E-state index contributed by atoms with van der Waals surface area (Å²) in [5.41, 5.74) is 0. The smallest absolute Gasteiger partial charge is 0.394 e. The number of allylic oxidation sites excluding steroid dienone is 2. The zero-order valence-electron chi connectivity index (χ0n) is 45.8. The number of aliphatic hydroxyl groups excluding tert-OH is 4. The van der Waals surface area contributed by atoms with Gasteiger partial charge in [-0.1, -0.05) is 264 Å². The van der Waals surface area contributed by atoms with E-state index >= 15 is 0 Å². The lowest BCUT2D eigenvalue weighted by atomic mass is 9.99. The van der Waals surface area contributed by atoms with Gasteiger partial charge in [0, 0.05) is 6.42 Å². The van der Waals surface area contributed by atoms with Crippen LogP contribution < -0.4 is 5.32 Å². The maximum atomic E-state index is 13.1. The Labute approximate surface area is 436 Å². The monoisotopic (exact) mass is 1030 g/mol. The number of carbonyl (C=O) groups excluding carboxylic acids is 1. The number of hydrogen-bond donors (Lipinski definition) is 6. The first-order valence-corrected chi connectivity index (χ1v) is 31.4. The van der Waals surface area contributed by atoms with Gasteiger partial charge in [0.05, 0.1) is 25.4 Å². The van der Waals surface area contributed by atoms with E-state index in [9.17, 15) is 38.2 Å². The Balaban J connectivity index is 2.22. The van der Waals surface area contributed by atoms with Gasteiger partial charge in [0.25, 0.3) is 0 Å². The van der Waals surface area contributed by atoms with Crippen molar-refractivity contribution in [1.82, 2.24) is 5.32 Å². The number of carbonyl (C=O) groups is 1. The van der Waals surface area contributed by atoms with Crippen molar-refractivity contribution in [2.75, 3.05) is 13.2 Å². The van der Waals surface area contributed by atoms with E-state index in [1.807, 2.05) is 0 Å². The van der Waals surface area contributed by atoms with E-state index in [4.69, 9.17) is 9.47 Å². The lowest BCUT2D eigenvalue weighted by Crippen LogP contribution is -2.61. The minimum absolute atomic E-state index is 0.225. The van der Waals surface area contributed by atoms with Crippen molar-refractivity contribution < 1.29 is 51.8 Å². The highest BCUT2D eigenvalue weighted by atomic mass is 32.3. The van der Waals surface area contributed by atoms with Gasteiger partial charge in [0.15, 0.2) is 6.29 Å². The highest BCUT2D eigenvalue weighted by Gasteiger charge is 2.48. The molecule has 1 saturated heterocycles. The molecule has 1 aliphatic rings. The Kier molecular flexibility index (Phi) is 46.3. The van der Waals surface area contributed by atoms with Gasteiger partial charge >= 0.3 is 10.4 Å². The van der Waals surface area contributed by atoms with Crippen LogP contribution in [0.4, 0.5) is 0 Å². The molecule has 0 aromatic heterocycles. The molecular weight excluding hydrogens is 919 g/mol. The van der Waals surface area contributed by atoms with Gasteiger partial charge in [-0.05, 0) is 38.5 Å². The summed E-state index contributed by atoms with van der Waals surface area (Å²) in [4.78, 5) is 13.1. The van der Waals surface area contributed by atoms with Crippen molar-refractivity contribution in [2.45, 2.75) is 339 Å². The van der Waals surface area contributed by atoms with Crippen LogP contribution in [0.3, 0.4) is 0 Å². The van der Waals surface area contributed by atoms with Crippen LogP contribution in [0.2, 0.25) is 0 Å². The Morgan fingerprint density at radius 1 is 0.549 bits per heavy atom. The number of hydrogen-bond acceptors (Lipinski definition) is 10. The molecular formula is C58H113NO11S. The Morgan fingerprint density at radius 3 is 1.27 bits per heavy atom. The van der Waals surface area contributed by atoms with E-state index in [0.717, 1.165) is 51.4 Å². The van der Waals surface area contributed by atoms with Crippen molar-refractivity contribution in [1.29, 1.82) is 0 Å². The van der Waals surface area contributed by atoms with Gasteiger partial charge in [-0.25, -0.2) is 4.18 Å². The fraction of sp³-hybridized carbons (Fsp3) is 0.948. The zero-order valence-corrected chi connectivity index (χ0v) is 46.6. The minimum Gasteiger partial charge on any atom is -0.394 e. The molecule has 422 valence electrons. The van der Waals surface area contributed by atoms with Crippen molar-refractivity contribution >= 4 is 16.3 Å². The highest BCUT2D eigenvalue weighted by Crippen LogP contribution is 2.26. The lowest BCUT2D eigenvalue weighted by molar-refractivity contribution is -0.298. The number of rotatable bonds is 53. The van der Waals surface area contributed by atoms with Gasteiger partial charge in [0.1, 0.15) is 24.4 Å². The van der Waals surface area contributed by atoms with Crippen LogP contribution in [0.1, 0.15) is 296 Å². The SMILES string of the molecule is CCCCCCCCCCCCCC/C=C\CCCCCCCCCCCCCCCCCC(=O)NC(COC1OC(CO)C(O)C(OS(=O)(=O)O)C1O)C(O)CCCCCCCCCCCCCCC. The van der Waals surface area contributed by atoms with Crippen molar-refractivity contribution in [3.63, 3.8) is 0 Å². The highest BCUT2D eigenvalue weighted by molar-refractivity contribution is 7.80. The van der Waals surface area contributed by atoms with Gasteiger partial charge in [-0.3, -0.25) is 9.35 Å². The first kappa shape index (κ1) is 67.9. The number of ether oxygens (including phenoxy) is 2. The summed E-state index contributed by atoms with van der Waals surface area (Å²) in [5, 5.41) is 45.0. The second-order valence-corrected chi connectivity index (χ2v) is 22.3. The van der Waals surface area contributed by atoms with Crippen LogP contribution in [0.25, 0.3) is 0 Å². The Morgan fingerprint density at radius 2 is 0.901 bits per heavy atom. The largest absolute Gasteiger partial charge is 0.397 e. The fourth-order valence-electron chi connectivity index (χ4n) is 9.93. The Bertz CT molecular complexity index is 1310. The standard InChI is InChI=1S/C58H113NO11S/c1-3-5-7-9-11-13-15-17-18-19-20-21-22-23-24-25-26-27-28-29-30-31-32-33-34-36-38-40-42-44-46-48-54(62)59-51(52(61)47-45-43-41-39-37-35-16-14-12-10-8-6-4-2)50-68-58-56(64)57(70-71(65,66)67)55(63)53(49-60)69-58/h23-24,51-53,55-58,60-61,63-64H,3-22,25-50H2,1-2H3,(H,59,62)(H,65,66,67)/b24-23-. The summed E-state index contributed by atoms with van der Waals surface area (Å²) in [6.45, 7) is 3.48. The maximum absolute atomic E-state index is 13.1. The van der Waals surface area contributed by atoms with Crippen LogP contribution in [-0.4, -0.2) is 95.4 Å². The molecule has 13 heteroatoms. The average molecular weight is 1030 g/mol. The number of aliphatic hydroxyl groups is 4. The molecule has 1 aliphatic heterocycles. The van der Waals surface area contributed by atoms with E-state index in [0.29, 0.717) is 12.8 Å². The molecule has 0 aromatic carbocycles. The number of amides is 1. The summed E-state index contributed by atoms with van der Waals surface area (Å²) < 4.78 is 47.9. The molecule has 0 radical (unpaired) electrons. The van der Waals surface area contributed by atoms with Crippen LogP contribution in [-0.2, 0) is 28.9 Å². The minimum atomic E-state index is -5.08. The molecule has 6 N–H and O–H groups in total. The summed E-state index contributed by atoms with van der Waals surface area (Å²) in [6.07, 6.45) is 49.6. The number of nitrogens with one attached hydrogen (secondary N) is 1. The van der Waals surface area contributed by atoms with Gasteiger partial charge in [0.2, 0.25) is 5.91 Å². The van der Waals surface area contributed by atoms with Crippen LogP contribution in [0, 0.1) is 0 Å². The Hall–Kier alpha value is -1.16. The van der Waals surface area contributed by atoms with E-state index < -0.39 is 59.9 Å². The molecule has 1 fully saturated rings. The fourth-order valence-corrected chi connectivity index (χ4v) is 10.4. The average Bonchev–Trinajstić information content (AvgIpc) is 3.34. The summed E-state index contributed by atoms with van der Waals surface area (Å²) in [5.74, 6) is -0.225. The molecule has 1 rings (SSSR count). The zero-order chi connectivity index (χ0) is 51.9. The molecule has 0 aliphatic carbocycles. The lowest BCUT2D eigenvalue weighted by Gasteiger charge is -2.41. The van der Waals surface area contributed by atoms with E-state index in [-0.39, 0.29) is 12.5 Å². The predicted molar refractivity (Wildman–Crippen MR) is 292 cm³/mol. The van der Waals surface area contributed by atoms with Gasteiger partial charge < -0.3 is 35.2 Å². The quantitative estimate of drug-likeness (QED) is 0.0193. The van der Waals surface area contributed by atoms with Crippen molar-refractivity contribution in [3.05, 3.63) is 12.2 Å². The molecule has 12 nitrogen and oxygen atoms in total. The van der Waals surface area contributed by atoms with E-state index in [1.54, 1.807) is 0 Å². The maximum Gasteiger partial charge on any atom is 0.397 e. The third-order valence-electron chi connectivity index (χ3n) is 14.6. The summed E-state index contributed by atoms with van der Waals surface area (Å²) >= 11 is 0. The van der Waals surface area contributed by atoms with Gasteiger partial charge in [-0.2, -0.15) is 8.42 Å². The van der Waals surface area contributed by atoms with E-state index in [2.05, 4.69) is 35.5 Å².